The van der Waals surface area contributed by atoms with Crippen molar-refractivity contribution in [2.75, 3.05) is 36.5 Å². The van der Waals surface area contributed by atoms with E-state index in [0.717, 1.165) is 24.7 Å². The quantitative estimate of drug-likeness (QED) is 0.482. The first-order chi connectivity index (χ1) is 14.8. The largest absolute Gasteiger partial charge is 0.491 e. The molecule has 12 heteroatoms. The molecule has 1 aliphatic heterocycles. The van der Waals surface area contributed by atoms with E-state index in [1.165, 1.54) is 6.20 Å². The number of anilines is 2. The normalized spacial score (nSPS) is 22.4. The molecule has 7 nitrogen and oxygen atoms in total. The van der Waals surface area contributed by atoms with Crippen LogP contribution in [0.4, 0.5) is 33.6 Å². The lowest BCUT2D eigenvalue weighted by atomic mass is 10.2. The molecule has 2 aromatic heterocycles. The topological polar surface area (TPSA) is 87.0 Å². The number of nitrogens with zero attached hydrogens (tertiary/aromatic N) is 4. The first-order valence-electron chi connectivity index (χ1n) is 9.56. The molecule has 3 heterocycles. The number of ether oxygens (including phenoxy) is 1. The summed E-state index contributed by atoms with van der Waals surface area (Å²) in [6.45, 7) is 0.797. The van der Waals surface area contributed by atoms with Gasteiger partial charge >= 0.3 is 6.18 Å². The Hall–Kier alpha value is -3.05. The van der Waals surface area contributed by atoms with Gasteiger partial charge in [0.15, 0.2) is 5.82 Å². The Bertz CT molecular complexity index is 944. The van der Waals surface area contributed by atoms with Gasteiger partial charge in [0.05, 0.1) is 25.5 Å². The smallest absolute Gasteiger partial charge is 0.420 e. The van der Waals surface area contributed by atoms with E-state index >= 15 is 0 Å². The van der Waals surface area contributed by atoms with Gasteiger partial charge in [-0.2, -0.15) is 13.2 Å². The van der Waals surface area contributed by atoms with Crippen LogP contribution in [0, 0.1) is 23.2 Å². The molecule has 166 valence electrons. The van der Waals surface area contributed by atoms with Crippen molar-refractivity contribution in [2.45, 2.75) is 12.6 Å². The predicted octanol–water partition coefficient (Wildman–Crippen LogP) is 3.33. The minimum atomic E-state index is -4.51. The van der Waals surface area contributed by atoms with Crippen LogP contribution in [0.25, 0.3) is 0 Å². The highest BCUT2D eigenvalue weighted by Crippen LogP contribution is 2.52. The third kappa shape index (κ3) is 4.52. The predicted molar refractivity (Wildman–Crippen MR) is 102 cm³/mol. The number of piperidine rings is 1. The average Bonchev–Trinajstić information content (AvgIpc) is 3.18. The molecule has 1 unspecified atom stereocenters. The van der Waals surface area contributed by atoms with E-state index in [4.69, 9.17) is 10.1 Å². The highest BCUT2D eigenvalue weighted by atomic mass is 19.4. The van der Waals surface area contributed by atoms with Gasteiger partial charge in [-0.25, -0.2) is 18.7 Å². The van der Waals surface area contributed by atoms with Crippen LogP contribution in [-0.4, -0.2) is 53.8 Å². The SMILES string of the molecule is N=Cc1ncc(N2C[C@@H]3C(COc4cnccc4C(F)(F)F)[C@@H]3C2)nc1NCC(F)F. The van der Waals surface area contributed by atoms with Crippen LogP contribution in [0.2, 0.25) is 0 Å². The molecule has 1 saturated carbocycles. The summed E-state index contributed by atoms with van der Waals surface area (Å²) in [7, 11) is 0. The summed E-state index contributed by atoms with van der Waals surface area (Å²) < 4.78 is 69.6. The minimum Gasteiger partial charge on any atom is -0.491 e. The third-order valence-corrected chi connectivity index (χ3v) is 5.57. The molecule has 31 heavy (non-hydrogen) atoms. The average molecular weight is 442 g/mol. The second kappa shape index (κ2) is 8.23. The lowest BCUT2D eigenvalue weighted by Gasteiger charge is -2.22. The van der Waals surface area contributed by atoms with Gasteiger partial charge in [0.25, 0.3) is 6.43 Å². The Morgan fingerprint density at radius 2 is 2.00 bits per heavy atom. The first kappa shape index (κ1) is 21.2. The van der Waals surface area contributed by atoms with Gasteiger partial charge in [0, 0.05) is 31.4 Å². The van der Waals surface area contributed by atoms with Gasteiger partial charge in [-0.3, -0.25) is 4.98 Å². The molecule has 2 aromatic rings. The molecule has 2 fully saturated rings. The molecule has 0 aromatic carbocycles. The van der Waals surface area contributed by atoms with Crippen molar-refractivity contribution >= 4 is 17.9 Å². The van der Waals surface area contributed by atoms with Crippen LogP contribution in [0.15, 0.2) is 24.7 Å². The summed E-state index contributed by atoms with van der Waals surface area (Å²) in [4.78, 5) is 14.1. The van der Waals surface area contributed by atoms with E-state index in [2.05, 4.69) is 20.3 Å². The maximum atomic E-state index is 13.1. The van der Waals surface area contributed by atoms with E-state index in [0.29, 0.717) is 18.9 Å². The van der Waals surface area contributed by atoms with Gasteiger partial charge < -0.3 is 20.4 Å². The lowest BCUT2D eigenvalue weighted by molar-refractivity contribution is -0.139. The molecule has 0 spiro atoms. The van der Waals surface area contributed by atoms with E-state index < -0.39 is 24.7 Å². The number of hydrogen-bond acceptors (Lipinski definition) is 7. The fraction of sp³-hybridized carbons (Fsp3) is 0.474. The summed E-state index contributed by atoms with van der Waals surface area (Å²) in [6.07, 6.45) is -2.51. The van der Waals surface area contributed by atoms with Crippen LogP contribution in [0.5, 0.6) is 5.75 Å². The van der Waals surface area contributed by atoms with Gasteiger partial charge in [-0.15, -0.1) is 0 Å². The number of aromatic nitrogens is 3. The molecule has 2 aliphatic rings. The molecule has 4 rings (SSSR count). The second-order valence-electron chi connectivity index (χ2n) is 7.46. The zero-order valence-electron chi connectivity index (χ0n) is 16.1. The Kier molecular flexibility index (Phi) is 5.63. The maximum absolute atomic E-state index is 13.1. The standard InChI is InChI=1S/C19H19F5N6O/c20-16(21)5-28-18-14(3-25)27-6-17(29-18)30-7-10-11(8-30)12(10)9-31-15-4-26-2-1-13(15)19(22,23)24/h1-4,6,10-12,16,25H,5,7-9H2,(H,28,29)/t10-,11+,12?. The van der Waals surface area contributed by atoms with Crippen LogP contribution in [-0.2, 0) is 6.18 Å². The van der Waals surface area contributed by atoms with Gasteiger partial charge in [0.1, 0.15) is 22.8 Å². The molecule has 1 saturated heterocycles. The number of halogens is 5. The van der Waals surface area contributed by atoms with Crippen molar-refractivity contribution in [1.29, 1.82) is 5.41 Å². The highest BCUT2D eigenvalue weighted by molar-refractivity contribution is 5.81. The molecule has 0 amide bonds. The fourth-order valence-corrected chi connectivity index (χ4v) is 3.95. The summed E-state index contributed by atoms with van der Waals surface area (Å²) in [5.41, 5.74) is -0.683. The lowest BCUT2D eigenvalue weighted by Crippen LogP contribution is -2.27. The van der Waals surface area contributed by atoms with Crippen molar-refractivity contribution in [3.8, 4) is 5.75 Å². The summed E-state index contributed by atoms with van der Waals surface area (Å²) in [5.74, 6) is 0.952. The minimum absolute atomic E-state index is 0.115. The zero-order chi connectivity index (χ0) is 22.2. The summed E-state index contributed by atoms with van der Waals surface area (Å²) in [5, 5.41) is 9.82. The monoisotopic (exact) mass is 442 g/mol. The molecule has 3 atom stereocenters. The van der Waals surface area contributed by atoms with Crippen LogP contribution in [0.3, 0.4) is 0 Å². The van der Waals surface area contributed by atoms with E-state index in [-0.39, 0.29) is 41.6 Å². The third-order valence-electron chi connectivity index (χ3n) is 5.57. The van der Waals surface area contributed by atoms with E-state index in [1.54, 1.807) is 0 Å². The number of nitrogens with one attached hydrogen (secondary N) is 2. The van der Waals surface area contributed by atoms with Crippen LogP contribution >= 0.6 is 0 Å². The summed E-state index contributed by atoms with van der Waals surface area (Å²) >= 11 is 0. The van der Waals surface area contributed by atoms with E-state index in [9.17, 15) is 22.0 Å². The molecular weight excluding hydrogens is 423 g/mol. The Morgan fingerprint density at radius 1 is 1.26 bits per heavy atom. The van der Waals surface area contributed by atoms with Crippen molar-refractivity contribution in [2.24, 2.45) is 17.8 Å². The van der Waals surface area contributed by atoms with Crippen LogP contribution < -0.4 is 15.0 Å². The number of alkyl halides is 5. The number of pyridine rings is 1. The number of rotatable bonds is 8. The number of hydrogen-bond donors (Lipinski definition) is 2. The van der Waals surface area contributed by atoms with Crippen molar-refractivity contribution < 1.29 is 26.7 Å². The second-order valence-corrected chi connectivity index (χ2v) is 7.46. The van der Waals surface area contributed by atoms with Crippen molar-refractivity contribution in [3.63, 3.8) is 0 Å². The molecule has 2 N–H and O–H groups in total. The van der Waals surface area contributed by atoms with Gasteiger partial charge in [0.2, 0.25) is 0 Å². The maximum Gasteiger partial charge on any atom is 0.420 e. The highest BCUT2D eigenvalue weighted by Gasteiger charge is 2.56. The van der Waals surface area contributed by atoms with Crippen LogP contribution in [0.1, 0.15) is 11.3 Å². The first-order valence-corrected chi connectivity index (χ1v) is 9.56. The molecular formula is C19H19F5N6O. The van der Waals surface area contributed by atoms with Crippen molar-refractivity contribution in [3.05, 3.63) is 35.9 Å². The Labute approximate surface area is 174 Å². The summed E-state index contributed by atoms with van der Waals surface area (Å²) in [6, 6.07) is 0.890. The molecule has 0 bridgehead atoms. The van der Waals surface area contributed by atoms with Gasteiger partial charge in [-0.05, 0) is 17.9 Å². The Morgan fingerprint density at radius 3 is 2.65 bits per heavy atom. The molecule has 1 aliphatic carbocycles. The van der Waals surface area contributed by atoms with E-state index in [1.807, 2.05) is 4.90 Å². The fourth-order valence-electron chi connectivity index (χ4n) is 3.95. The van der Waals surface area contributed by atoms with Crippen molar-refractivity contribution in [1.82, 2.24) is 15.0 Å². The van der Waals surface area contributed by atoms with Gasteiger partial charge in [-0.1, -0.05) is 0 Å². The zero-order valence-corrected chi connectivity index (χ0v) is 16.1. The number of fused-ring (bicyclic) bond motifs is 1. The Balaban J connectivity index is 1.35. The molecule has 0 radical (unpaired) electrons.